The normalized spacial score (nSPS) is 9.79. The average Bonchev–Trinajstić information content (AvgIpc) is 2.73. The molecule has 0 aliphatic rings. The summed E-state index contributed by atoms with van der Waals surface area (Å²) >= 11 is 0. The van der Waals surface area contributed by atoms with Crippen molar-refractivity contribution < 1.29 is 19.1 Å². The zero-order valence-corrected chi connectivity index (χ0v) is 16.4. The summed E-state index contributed by atoms with van der Waals surface area (Å²) in [6.07, 6.45) is 4.37. The van der Waals surface area contributed by atoms with Crippen molar-refractivity contribution in [1.29, 1.82) is 0 Å². The van der Waals surface area contributed by atoms with Gasteiger partial charge in [0.2, 0.25) is 0 Å². The molecule has 4 nitrogen and oxygen atoms in total. The fourth-order valence-electron chi connectivity index (χ4n) is 1.98. The minimum Gasteiger partial charge on any atom is -0.466 e. The van der Waals surface area contributed by atoms with E-state index < -0.39 is 0 Å². The van der Waals surface area contributed by atoms with Gasteiger partial charge in [-0.3, -0.25) is 0 Å². The number of hydrogen-bond donors (Lipinski definition) is 0. The number of rotatable bonds is 7. The summed E-state index contributed by atoms with van der Waals surface area (Å²) < 4.78 is 9.49. The molecule has 0 heterocycles. The molecule has 0 atom stereocenters. The Balaban J connectivity index is 0.000000283. The first-order valence-electron chi connectivity index (χ1n) is 8.78. The highest BCUT2D eigenvalue weighted by Gasteiger charge is 2.03. The van der Waals surface area contributed by atoms with Gasteiger partial charge in [0.15, 0.2) is 0 Å². The van der Waals surface area contributed by atoms with E-state index in [2.05, 4.69) is 17.9 Å². The van der Waals surface area contributed by atoms with Crippen molar-refractivity contribution in [2.75, 3.05) is 7.11 Å². The van der Waals surface area contributed by atoms with Gasteiger partial charge in [-0.15, -0.1) is 0 Å². The highest BCUT2D eigenvalue weighted by atomic mass is 16.5. The summed E-state index contributed by atoms with van der Waals surface area (Å²) in [6, 6.07) is 19.4. The molecule has 0 saturated carbocycles. The molecular weight excluding hydrogens is 352 g/mol. The number of allylic oxidation sites excluding steroid dienone is 1. The maximum atomic E-state index is 11.0. The van der Waals surface area contributed by atoms with Crippen LogP contribution >= 0.6 is 0 Å². The lowest BCUT2D eigenvalue weighted by molar-refractivity contribution is -0.140. The van der Waals surface area contributed by atoms with Crippen LogP contribution in [0.3, 0.4) is 0 Å². The Morgan fingerprint density at radius 3 is 2.04 bits per heavy atom. The van der Waals surface area contributed by atoms with E-state index in [0.717, 1.165) is 11.1 Å². The Morgan fingerprint density at radius 1 is 0.929 bits per heavy atom. The number of methoxy groups -OCH3 is 1. The molecule has 4 heteroatoms. The lowest BCUT2D eigenvalue weighted by atomic mass is 10.1. The van der Waals surface area contributed by atoms with Crippen molar-refractivity contribution in [3.05, 3.63) is 102 Å². The van der Waals surface area contributed by atoms with Crippen molar-refractivity contribution in [3.63, 3.8) is 0 Å². The Kier molecular flexibility index (Phi) is 10.4. The predicted molar refractivity (Wildman–Crippen MR) is 112 cm³/mol. The molecule has 0 aromatic heterocycles. The SMILES string of the molecule is C=C(C)C(=O)OCc1ccccc1.C=C(CC=Cc1ccccc1)C(=O)OC. The van der Waals surface area contributed by atoms with E-state index >= 15 is 0 Å². The molecule has 0 spiro atoms. The minimum absolute atomic E-state index is 0.312. The lowest BCUT2D eigenvalue weighted by Crippen LogP contribution is -2.04. The monoisotopic (exact) mass is 378 g/mol. The highest BCUT2D eigenvalue weighted by Crippen LogP contribution is 2.06. The summed E-state index contributed by atoms with van der Waals surface area (Å²) in [5, 5.41) is 0. The van der Waals surface area contributed by atoms with Crippen LogP contribution in [0.15, 0.2) is 91.0 Å². The first-order chi connectivity index (χ1) is 13.4. The third-order valence-corrected chi connectivity index (χ3v) is 3.51. The van der Waals surface area contributed by atoms with Crippen molar-refractivity contribution in [2.45, 2.75) is 20.0 Å². The number of carbonyl (C=O) groups excluding carboxylic acids is 2. The van der Waals surface area contributed by atoms with E-state index in [1.54, 1.807) is 6.92 Å². The van der Waals surface area contributed by atoms with Crippen molar-refractivity contribution in [3.8, 4) is 0 Å². The Bertz CT molecular complexity index is 805. The van der Waals surface area contributed by atoms with Gasteiger partial charge >= 0.3 is 11.9 Å². The third kappa shape index (κ3) is 9.34. The molecule has 28 heavy (non-hydrogen) atoms. The predicted octanol–water partition coefficient (Wildman–Crippen LogP) is 5.13. The molecule has 2 aromatic rings. The van der Waals surface area contributed by atoms with Crippen LogP contribution in [0.2, 0.25) is 0 Å². The first kappa shape index (κ1) is 22.6. The molecule has 0 unspecified atom stereocenters. The zero-order valence-electron chi connectivity index (χ0n) is 16.4. The maximum absolute atomic E-state index is 11.0. The summed E-state index contributed by atoms with van der Waals surface area (Å²) in [5.41, 5.74) is 2.98. The summed E-state index contributed by atoms with van der Waals surface area (Å²) in [6.45, 7) is 9.07. The number of ether oxygens (including phenoxy) is 2. The molecule has 0 N–H and O–H groups in total. The fraction of sp³-hybridized carbons (Fsp3) is 0.167. The van der Waals surface area contributed by atoms with Crippen molar-refractivity contribution in [2.24, 2.45) is 0 Å². The molecule has 0 fully saturated rings. The van der Waals surface area contributed by atoms with Gasteiger partial charge in [0.05, 0.1) is 7.11 Å². The maximum Gasteiger partial charge on any atom is 0.333 e. The van der Waals surface area contributed by atoms with Crippen molar-refractivity contribution in [1.82, 2.24) is 0 Å². The Hall–Kier alpha value is -3.40. The minimum atomic E-state index is -0.354. The number of hydrogen-bond acceptors (Lipinski definition) is 4. The highest BCUT2D eigenvalue weighted by molar-refractivity contribution is 5.88. The summed E-state index contributed by atoms with van der Waals surface area (Å²) in [4.78, 5) is 22.0. The molecule has 0 bridgehead atoms. The molecule has 0 aliphatic carbocycles. The van der Waals surface area contributed by atoms with Gasteiger partial charge in [0.1, 0.15) is 6.61 Å². The first-order valence-corrected chi connectivity index (χ1v) is 8.78. The molecule has 0 saturated heterocycles. The van der Waals surface area contributed by atoms with Crippen LogP contribution in [0.5, 0.6) is 0 Å². The van der Waals surface area contributed by atoms with Crippen molar-refractivity contribution >= 4 is 18.0 Å². The van der Waals surface area contributed by atoms with Crippen LogP contribution in [0.1, 0.15) is 24.5 Å². The number of esters is 2. The number of benzene rings is 2. The molecule has 0 amide bonds. The van der Waals surface area contributed by atoms with E-state index in [1.807, 2.05) is 72.8 Å². The largest absolute Gasteiger partial charge is 0.466 e. The smallest absolute Gasteiger partial charge is 0.333 e. The van der Waals surface area contributed by atoms with Gasteiger partial charge < -0.3 is 9.47 Å². The van der Waals surface area contributed by atoms with Gasteiger partial charge in [-0.1, -0.05) is 86.0 Å². The fourth-order valence-corrected chi connectivity index (χ4v) is 1.98. The van der Waals surface area contributed by atoms with Gasteiger partial charge in [0, 0.05) is 11.1 Å². The van der Waals surface area contributed by atoms with Gasteiger partial charge in [-0.2, -0.15) is 0 Å². The van der Waals surface area contributed by atoms with Gasteiger partial charge in [-0.25, -0.2) is 9.59 Å². The van der Waals surface area contributed by atoms with Gasteiger partial charge in [0.25, 0.3) is 0 Å². The van der Waals surface area contributed by atoms with Crippen LogP contribution < -0.4 is 0 Å². The van der Waals surface area contributed by atoms with E-state index in [-0.39, 0.29) is 11.9 Å². The Morgan fingerprint density at radius 2 is 1.50 bits per heavy atom. The molecule has 2 aromatic carbocycles. The molecule has 0 radical (unpaired) electrons. The van der Waals surface area contributed by atoms with Crippen LogP contribution in [0, 0.1) is 0 Å². The molecule has 2 rings (SSSR count). The second-order valence-electron chi connectivity index (χ2n) is 5.95. The topological polar surface area (TPSA) is 52.6 Å². The summed E-state index contributed by atoms with van der Waals surface area (Å²) in [7, 11) is 1.36. The van der Waals surface area contributed by atoms with E-state index in [9.17, 15) is 9.59 Å². The van der Waals surface area contributed by atoms with E-state index in [1.165, 1.54) is 7.11 Å². The zero-order chi connectivity index (χ0) is 20.8. The molecule has 0 aliphatic heterocycles. The average molecular weight is 378 g/mol. The van der Waals surface area contributed by atoms with E-state index in [0.29, 0.717) is 24.2 Å². The molecular formula is C24H26O4. The van der Waals surface area contributed by atoms with Crippen LogP contribution in [-0.4, -0.2) is 19.0 Å². The van der Waals surface area contributed by atoms with Crippen LogP contribution in [0.4, 0.5) is 0 Å². The second-order valence-corrected chi connectivity index (χ2v) is 5.95. The summed E-state index contributed by atoms with van der Waals surface area (Å²) in [5.74, 6) is -0.698. The van der Waals surface area contributed by atoms with Gasteiger partial charge in [-0.05, 0) is 24.5 Å². The third-order valence-electron chi connectivity index (χ3n) is 3.51. The lowest BCUT2D eigenvalue weighted by Gasteiger charge is -2.03. The molecule has 146 valence electrons. The van der Waals surface area contributed by atoms with E-state index in [4.69, 9.17) is 4.74 Å². The second kappa shape index (κ2) is 12.9. The quantitative estimate of drug-likeness (QED) is 0.495. The Labute approximate surface area is 166 Å². The van der Waals surface area contributed by atoms with Crippen LogP contribution in [-0.2, 0) is 25.7 Å². The number of carbonyl (C=O) groups is 2. The standard InChI is InChI=1S/C13H14O2.C11H12O2/c1-11(13(14)15-2)7-6-10-12-8-4-3-5-9-12;1-9(2)11(12)13-8-10-6-4-3-5-7-10/h3-6,8-10H,1,7H2,2H3;3-7H,1,8H2,2H3. The van der Waals surface area contributed by atoms with Crippen LogP contribution in [0.25, 0.3) is 6.08 Å².